The highest BCUT2D eigenvalue weighted by Crippen LogP contribution is 2.52. The van der Waals surface area contributed by atoms with E-state index in [1.807, 2.05) is 12.1 Å². The number of hydrogen-bond donors (Lipinski definition) is 1. The zero-order valence-corrected chi connectivity index (χ0v) is 16.9. The van der Waals surface area contributed by atoms with E-state index in [2.05, 4.69) is 19.1 Å². The Balaban J connectivity index is 1.81. The van der Waals surface area contributed by atoms with Gasteiger partial charge in [-0.25, -0.2) is 0 Å². The summed E-state index contributed by atoms with van der Waals surface area (Å²) in [5, 5.41) is 10.8. The van der Waals surface area contributed by atoms with E-state index in [1.54, 1.807) is 0 Å². The van der Waals surface area contributed by atoms with E-state index >= 15 is 0 Å². The predicted molar refractivity (Wildman–Crippen MR) is 111 cm³/mol. The van der Waals surface area contributed by atoms with E-state index in [0.29, 0.717) is 0 Å². The summed E-state index contributed by atoms with van der Waals surface area (Å²) in [6, 6.07) is 8.59. The van der Waals surface area contributed by atoms with Gasteiger partial charge in [-0.1, -0.05) is 56.3 Å². The topological polar surface area (TPSA) is 20.2 Å². The van der Waals surface area contributed by atoms with Crippen LogP contribution in [0.2, 0.25) is 5.02 Å². The van der Waals surface area contributed by atoms with Crippen molar-refractivity contribution in [2.45, 2.75) is 76.5 Å². The first-order chi connectivity index (χ1) is 12.0. The number of rotatable bonds is 5. The van der Waals surface area contributed by atoms with Gasteiger partial charge in [-0.3, -0.25) is 0 Å². The molecule has 0 radical (unpaired) electrons. The Labute approximate surface area is 163 Å². The number of halogens is 1. The molecule has 1 aromatic rings. The van der Waals surface area contributed by atoms with Gasteiger partial charge in [0, 0.05) is 10.9 Å². The number of aliphatic hydroxyl groups excluding tert-OH is 1. The molecule has 2 aliphatic carbocycles. The van der Waals surface area contributed by atoms with Gasteiger partial charge in [0.1, 0.15) is 0 Å². The minimum Gasteiger partial charge on any atom is -0.502 e. The fourth-order valence-electron chi connectivity index (χ4n) is 5.51. The molecule has 1 N–H and O–H groups in total. The first kappa shape index (κ1) is 19.2. The molecular weight excluding hydrogens is 348 g/mol. The lowest BCUT2D eigenvalue weighted by atomic mass is 9.56. The van der Waals surface area contributed by atoms with Gasteiger partial charge >= 0.3 is 0 Å². The third-order valence-electron chi connectivity index (χ3n) is 6.97. The highest BCUT2D eigenvalue weighted by Gasteiger charge is 2.44. The third-order valence-corrected chi connectivity index (χ3v) is 7.56. The fraction of sp³-hybridized carbons (Fsp3) is 0.682. The van der Waals surface area contributed by atoms with Crippen LogP contribution in [0.15, 0.2) is 24.3 Å². The Morgan fingerprint density at radius 1 is 1.08 bits per heavy atom. The molecule has 0 bridgehead atoms. The Bertz CT molecular complexity index is 566. The van der Waals surface area contributed by atoms with Gasteiger partial charge in [0.25, 0.3) is 0 Å². The van der Waals surface area contributed by atoms with Crippen LogP contribution in [0.25, 0.3) is 0 Å². The smallest absolute Gasteiger partial charge is 0.159 e. The lowest BCUT2D eigenvalue weighted by Crippen LogP contribution is -2.41. The lowest BCUT2D eigenvalue weighted by molar-refractivity contribution is 0.114. The maximum absolute atomic E-state index is 9.77. The van der Waals surface area contributed by atoms with Gasteiger partial charge in [0.15, 0.2) is 5.05 Å². The van der Waals surface area contributed by atoms with Crippen LogP contribution in [0, 0.1) is 17.8 Å². The molecule has 0 atom stereocenters. The molecule has 138 valence electrons. The molecule has 1 nitrogen and oxygen atoms in total. The number of benzene rings is 1. The van der Waals surface area contributed by atoms with Gasteiger partial charge in [-0.05, 0) is 85.7 Å². The van der Waals surface area contributed by atoms with Crippen LogP contribution in [0.3, 0.4) is 0 Å². The Morgan fingerprint density at radius 2 is 1.68 bits per heavy atom. The molecule has 0 heterocycles. The molecule has 0 aliphatic heterocycles. The van der Waals surface area contributed by atoms with E-state index in [4.69, 9.17) is 23.8 Å². The van der Waals surface area contributed by atoms with Crippen molar-refractivity contribution in [3.63, 3.8) is 0 Å². The molecule has 2 fully saturated rings. The number of hydrogen-bond acceptors (Lipinski definition) is 1. The van der Waals surface area contributed by atoms with Crippen LogP contribution in [0.4, 0.5) is 0 Å². The summed E-state index contributed by atoms with van der Waals surface area (Å²) in [5.74, 6) is 1.91. The first-order valence-corrected chi connectivity index (χ1v) is 10.8. The van der Waals surface area contributed by atoms with Gasteiger partial charge in [-0.2, -0.15) is 0 Å². The van der Waals surface area contributed by atoms with Crippen LogP contribution in [0.1, 0.15) is 76.7 Å². The molecule has 0 aromatic heterocycles. The zero-order chi connectivity index (χ0) is 17.9. The van der Waals surface area contributed by atoms with Crippen molar-refractivity contribution in [3.8, 4) is 0 Å². The highest BCUT2D eigenvalue weighted by atomic mass is 35.5. The average Bonchev–Trinajstić information content (AvgIpc) is 2.63. The second-order valence-corrected chi connectivity index (χ2v) is 9.14. The summed E-state index contributed by atoms with van der Waals surface area (Å²) in [4.78, 5) is 0. The van der Waals surface area contributed by atoms with Crippen molar-refractivity contribution in [1.29, 1.82) is 0 Å². The van der Waals surface area contributed by atoms with Crippen LogP contribution in [0.5, 0.6) is 0 Å². The fourth-order valence-corrected chi connectivity index (χ4v) is 5.87. The van der Waals surface area contributed by atoms with Gasteiger partial charge in [0.2, 0.25) is 0 Å². The molecule has 0 spiro atoms. The van der Waals surface area contributed by atoms with E-state index < -0.39 is 0 Å². The van der Waals surface area contributed by atoms with Crippen LogP contribution in [-0.2, 0) is 5.41 Å². The molecule has 0 unspecified atom stereocenters. The van der Waals surface area contributed by atoms with Crippen LogP contribution in [-0.4, -0.2) is 10.2 Å². The van der Waals surface area contributed by atoms with Crippen molar-refractivity contribution < 1.29 is 5.11 Å². The monoisotopic (exact) mass is 378 g/mol. The number of thiocarbonyl (C=S) groups is 1. The molecule has 2 aliphatic rings. The van der Waals surface area contributed by atoms with E-state index in [0.717, 1.165) is 42.5 Å². The Hall–Kier alpha value is -0.600. The third kappa shape index (κ3) is 4.22. The highest BCUT2D eigenvalue weighted by molar-refractivity contribution is 7.80. The van der Waals surface area contributed by atoms with E-state index in [9.17, 15) is 5.11 Å². The van der Waals surface area contributed by atoms with Crippen molar-refractivity contribution in [2.75, 3.05) is 0 Å². The first-order valence-electron chi connectivity index (χ1n) is 10.0. The minimum absolute atomic E-state index is 0.215. The zero-order valence-electron chi connectivity index (χ0n) is 15.3. The average molecular weight is 379 g/mol. The summed E-state index contributed by atoms with van der Waals surface area (Å²) >= 11 is 11.2. The van der Waals surface area contributed by atoms with Crippen molar-refractivity contribution in [2.24, 2.45) is 17.8 Å². The van der Waals surface area contributed by atoms with Gasteiger partial charge < -0.3 is 5.11 Å². The van der Waals surface area contributed by atoms with E-state index in [-0.39, 0.29) is 16.4 Å². The molecule has 3 heteroatoms. The van der Waals surface area contributed by atoms with E-state index in [1.165, 1.54) is 44.1 Å². The second-order valence-electron chi connectivity index (χ2n) is 8.28. The summed E-state index contributed by atoms with van der Waals surface area (Å²) in [5.41, 5.74) is 1.71. The predicted octanol–water partition coefficient (Wildman–Crippen LogP) is 7.26. The van der Waals surface area contributed by atoms with Crippen LogP contribution < -0.4 is 0 Å². The summed E-state index contributed by atoms with van der Waals surface area (Å²) in [6.07, 6.45) is 12.5. The Morgan fingerprint density at radius 3 is 2.20 bits per heavy atom. The molecule has 3 rings (SSSR count). The van der Waals surface area contributed by atoms with Gasteiger partial charge in [0.05, 0.1) is 0 Å². The molecule has 1 aromatic carbocycles. The Kier molecular flexibility index (Phi) is 6.44. The molecule has 0 amide bonds. The maximum Gasteiger partial charge on any atom is 0.159 e. The molecule has 25 heavy (non-hydrogen) atoms. The standard InChI is InChI=1S/C22H31ClOS/c1-2-3-16-4-6-18(7-5-16)22(19-8-10-20(23)11-9-19)14-12-17(13-15-22)21(24)25/h8-11,16-18H,2-7,12-15H2,1H3,(H,24,25). The molecular formula is C22H31ClOS. The van der Waals surface area contributed by atoms with Gasteiger partial charge in [-0.15, -0.1) is 0 Å². The van der Waals surface area contributed by atoms with Crippen molar-refractivity contribution >= 4 is 28.9 Å². The molecule has 2 saturated carbocycles. The summed E-state index contributed by atoms with van der Waals surface area (Å²) in [7, 11) is 0. The normalized spacial score (nSPS) is 33.1. The maximum atomic E-state index is 9.77. The van der Waals surface area contributed by atoms with Crippen molar-refractivity contribution in [1.82, 2.24) is 0 Å². The van der Waals surface area contributed by atoms with Crippen molar-refractivity contribution in [3.05, 3.63) is 34.9 Å². The SMILES string of the molecule is CCCC1CCC(C2(c3ccc(Cl)cc3)CCC(C(O)=S)CC2)CC1. The number of aliphatic hydroxyl groups is 1. The van der Waals surface area contributed by atoms with Crippen LogP contribution >= 0.6 is 23.8 Å². The quantitative estimate of drug-likeness (QED) is 0.544. The largest absolute Gasteiger partial charge is 0.502 e. The minimum atomic E-state index is 0.215. The summed E-state index contributed by atoms with van der Waals surface area (Å²) in [6.45, 7) is 2.31. The second kappa shape index (κ2) is 8.39. The molecule has 0 saturated heterocycles. The summed E-state index contributed by atoms with van der Waals surface area (Å²) < 4.78 is 0. The lowest BCUT2D eigenvalue weighted by Gasteiger charge is -2.48.